The van der Waals surface area contributed by atoms with E-state index < -0.39 is 5.82 Å². The molecule has 1 N–H and O–H groups in total. The Balaban J connectivity index is 2.92. The highest BCUT2D eigenvalue weighted by Gasteiger charge is 2.18. The molecule has 0 spiro atoms. The summed E-state index contributed by atoms with van der Waals surface area (Å²) in [5, 5.41) is 2.80. The highest BCUT2D eigenvalue weighted by atomic mass is 19.1. The lowest BCUT2D eigenvalue weighted by Gasteiger charge is -2.21. The molecule has 0 radical (unpaired) electrons. The maximum absolute atomic E-state index is 13.2. The highest BCUT2D eigenvalue weighted by molar-refractivity contribution is 5.98. The summed E-state index contributed by atoms with van der Waals surface area (Å²) in [6.07, 6.45) is 2.09. The molecule has 4 nitrogen and oxygen atoms in total. The molecular formula is C13H20FN3O. The Labute approximate surface area is 107 Å². The van der Waals surface area contributed by atoms with E-state index in [0.717, 1.165) is 12.6 Å². The molecular weight excluding hydrogens is 233 g/mol. The van der Waals surface area contributed by atoms with Gasteiger partial charge in [0.15, 0.2) is 0 Å². The van der Waals surface area contributed by atoms with Crippen LogP contribution in [-0.4, -0.2) is 36.4 Å². The normalized spacial score (nSPS) is 12.1. The van der Waals surface area contributed by atoms with Crippen molar-refractivity contribution in [1.29, 1.82) is 0 Å². The number of hydrogen-bond donors (Lipinski definition) is 1. The first kappa shape index (κ1) is 14.4. The van der Waals surface area contributed by atoms with E-state index in [1.54, 1.807) is 19.0 Å². The Morgan fingerprint density at radius 3 is 2.83 bits per heavy atom. The smallest absolute Gasteiger partial charge is 0.257 e. The standard InChI is InChI=1S/C13H20FN3O/c1-5-9(2)8-17(4)13(18)11-6-10(14)7-16-12(11)15-3/h6-7,9H,5,8H2,1-4H3,(H,15,16). The van der Waals surface area contributed by atoms with E-state index in [4.69, 9.17) is 0 Å². The van der Waals surface area contributed by atoms with Crippen molar-refractivity contribution < 1.29 is 9.18 Å². The van der Waals surface area contributed by atoms with E-state index in [0.29, 0.717) is 18.3 Å². The molecule has 1 aromatic heterocycles. The zero-order valence-corrected chi connectivity index (χ0v) is 11.3. The highest BCUT2D eigenvalue weighted by Crippen LogP contribution is 2.16. The Hall–Kier alpha value is -1.65. The van der Waals surface area contributed by atoms with Gasteiger partial charge in [0.25, 0.3) is 5.91 Å². The summed E-state index contributed by atoms with van der Waals surface area (Å²) in [6.45, 7) is 4.80. The van der Waals surface area contributed by atoms with E-state index in [1.807, 2.05) is 0 Å². The van der Waals surface area contributed by atoms with Crippen LogP contribution in [0.25, 0.3) is 0 Å². The average molecular weight is 253 g/mol. The minimum absolute atomic E-state index is 0.216. The Kier molecular flexibility index (Phi) is 5.07. The summed E-state index contributed by atoms with van der Waals surface area (Å²) in [7, 11) is 3.38. The molecule has 0 fully saturated rings. The molecule has 1 aromatic rings. The van der Waals surface area contributed by atoms with Gasteiger partial charge in [0.2, 0.25) is 0 Å². The van der Waals surface area contributed by atoms with Crippen LogP contribution < -0.4 is 5.32 Å². The molecule has 0 aromatic carbocycles. The Bertz CT molecular complexity index is 423. The Morgan fingerprint density at radius 2 is 2.28 bits per heavy atom. The Morgan fingerprint density at radius 1 is 1.61 bits per heavy atom. The van der Waals surface area contributed by atoms with Gasteiger partial charge in [-0.1, -0.05) is 20.3 Å². The average Bonchev–Trinajstić information content (AvgIpc) is 2.37. The minimum atomic E-state index is -0.505. The molecule has 0 aliphatic heterocycles. The van der Waals surface area contributed by atoms with E-state index in [2.05, 4.69) is 24.1 Å². The molecule has 5 heteroatoms. The summed E-state index contributed by atoms with van der Waals surface area (Å²) in [6, 6.07) is 1.22. The monoisotopic (exact) mass is 253 g/mol. The zero-order valence-electron chi connectivity index (χ0n) is 11.3. The van der Waals surface area contributed by atoms with Crippen molar-refractivity contribution >= 4 is 11.7 Å². The fourth-order valence-corrected chi connectivity index (χ4v) is 1.69. The van der Waals surface area contributed by atoms with Crippen LogP contribution in [0, 0.1) is 11.7 Å². The summed E-state index contributed by atoms with van der Waals surface area (Å²) >= 11 is 0. The molecule has 18 heavy (non-hydrogen) atoms. The van der Waals surface area contributed by atoms with Gasteiger partial charge in [-0.3, -0.25) is 4.79 Å². The van der Waals surface area contributed by atoms with Crippen LogP contribution in [0.2, 0.25) is 0 Å². The van der Waals surface area contributed by atoms with Gasteiger partial charge in [-0.15, -0.1) is 0 Å². The molecule has 1 heterocycles. The van der Waals surface area contributed by atoms with Crippen molar-refractivity contribution in [2.45, 2.75) is 20.3 Å². The van der Waals surface area contributed by atoms with Gasteiger partial charge in [0.1, 0.15) is 11.6 Å². The second-order valence-electron chi connectivity index (χ2n) is 4.50. The van der Waals surface area contributed by atoms with E-state index in [1.165, 1.54) is 6.07 Å². The predicted molar refractivity (Wildman–Crippen MR) is 70.2 cm³/mol. The van der Waals surface area contributed by atoms with Crippen LogP contribution in [0.3, 0.4) is 0 Å². The molecule has 1 unspecified atom stereocenters. The first-order valence-electron chi connectivity index (χ1n) is 6.08. The number of pyridine rings is 1. The lowest BCUT2D eigenvalue weighted by molar-refractivity contribution is 0.0775. The zero-order chi connectivity index (χ0) is 13.7. The van der Waals surface area contributed by atoms with Crippen LogP contribution in [0.4, 0.5) is 10.2 Å². The number of nitrogens with one attached hydrogen (secondary N) is 1. The lowest BCUT2D eigenvalue weighted by Crippen LogP contribution is -2.31. The number of rotatable bonds is 5. The van der Waals surface area contributed by atoms with E-state index in [-0.39, 0.29) is 11.5 Å². The van der Waals surface area contributed by atoms with Gasteiger partial charge in [0, 0.05) is 20.6 Å². The van der Waals surface area contributed by atoms with Gasteiger partial charge >= 0.3 is 0 Å². The number of aromatic nitrogens is 1. The van der Waals surface area contributed by atoms with E-state index >= 15 is 0 Å². The number of carbonyl (C=O) groups excluding carboxylic acids is 1. The van der Waals surface area contributed by atoms with Gasteiger partial charge in [-0.05, 0) is 12.0 Å². The molecule has 1 rings (SSSR count). The van der Waals surface area contributed by atoms with Crippen LogP contribution in [0.1, 0.15) is 30.6 Å². The molecule has 0 bridgehead atoms. The number of carbonyl (C=O) groups is 1. The fourth-order valence-electron chi connectivity index (χ4n) is 1.69. The first-order valence-corrected chi connectivity index (χ1v) is 6.08. The summed E-state index contributed by atoms with van der Waals surface area (Å²) < 4.78 is 13.2. The van der Waals surface area contributed by atoms with Crippen molar-refractivity contribution in [2.24, 2.45) is 5.92 Å². The molecule has 1 amide bonds. The molecule has 1 atom stereocenters. The van der Waals surface area contributed by atoms with Crippen molar-refractivity contribution in [3.63, 3.8) is 0 Å². The van der Waals surface area contributed by atoms with Gasteiger partial charge < -0.3 is 10.2 Å². The third-order valence-electron chi connectivity index (χ3n) is 2.95. The van der Waals surface area contributed by atoms with Crippen LogP contribution in [-0.2, 0) is 0 Å². The maximum atomic E-state index is 13.2. The van der Waals surface area contributed by atoms with Crippen molar-refractivity contribution in [3.8, 4) is 0 Å². The number of nitrogens with zero attached hydrogens (tertiary/aromatic N) is 2. The van der Waals surface area contributed by atoms with Crippen LogP contribution in [0.5, 0.6) is 0 Å². The third kappa shape index (κ3) is 3.42. The number of hydrogen-bond acceptors (Lipinski definition) is 3. The first-order chi connectivity index (χ1) is 8.49. The predicted octanol–water partition coefficient (Wildman–Crippen LogP) is 2.38. The quantitative estimate of drug-likeness (QED) is 0.876. The van der Waals surface area contributed by atoms with Gasteiger partial charge in [0.05, 0.1) is 11.8 Å². The maximum Gasteiger partial charge on any atom is 0.257 e. The number of amides is 1. The molecule has 0 aliphatic carbocycles. The van der Waals surface area contributed by atoms with Gasteiger partial charge in [-0.25, -0.2) is 9.37 Å². The topological polar surface area (TPSA) is 45.2 Å². The summed E-state index contributed by atoms with van der Waals surface area (Å²) in [5.41, 5.74) is 0.267. The summed E-state index contributed by atoms with van der Waals surface area (Å²) in [5.74, 6) is 0.0943. The number of anilines is 1. The summed E-state index contributed by atoms with van der Waals surface area (Å²) in [4.78, 5) is 17.7. The van der Waals surface area contributed by atoms with E-state index in [9.17, 15) is 9.18 Å². The SMILES string of the molecule is CCC(C)CN(C)C(=O)c1cc(F)cnc1NC. The molecule has 0 saturated carbocycles. The minimum Gasteiger partial charge on any atom is -0.372 e. The molecule has 100 valence electrons. The fraction of sp³-hybridized carbons (Fsp3) is 0.538. The van der Waals surface area contributed by atoms with Crippen molar-refractivity contribution in [1.82, 2.24) is 9.88 Å². The molecule has 0 saturated heterocycles. The van der Waals surface area contributed by atoms with Gasteiger partial charge in [-0.2, -0.15) is 0 Å². The molecule has 0 aliphatic rings. The van der Waals surface area contributed by atoms with Crippen LogP contribution in [0.15, 0.2) is 12.3 Å². The second-order valence-corrected chi connectivity index (χ2v) is 4.50. The second kappa shape index (κ2) is 6.33. The van der Waals surface area contributed by atoms with Crippen LogP contribution >= 0.6 is 0 Å². The van der Waals surface area contributed by atoms with Crippen molar-refractivity contribution in [2.75, 3.05) is 26.0 Å². The third-order valence-corrected chi connectivity index (χ3v) is 2.95. The number of halogens is 1. The largest absolute Gasteiger partial charge is 0.372 e. The lowest BCUT2D eigenvalue weighted by atomic mass is 10.1. The van der Waals surface area contributed by atoms with Crippen molar-refractivity contribution in [3.05, 3.63) is 23.6 Å².